The molecule has 10 heteroatoms. The van der Waals surface area contributed by atoms with Crippen LogP contribution in [0.25, 0.3) is 0 Å². The van der Waals surface area contributed by atoms with Gasteiger partial charge in [0.2, 0.25) is 11.6 Å². The average Bonchev–Trinajstić information content (AvgIpc) is 3.04. The molecule has 1 heterocycles. The summed E-state index contributed by atoms with van der Waals surface area (Å²) in [5, 5.41) is 4.10. The monoisotopic (exact) mass is 485 g/mol. The van der Waals surface area contributed by atoms with Crippen LogP contribution in [0.1, 0.15) is 21.6 Å². The van der Waals surface area contributed by atoms with Gasteiger partial charge in [0, 0.05) is 25.7 Å². The normalized spacial score (nSPS) is 10.9. The third-order valence-corrected chi connectivity index (χ3v) is 5.06. The molecule has 0 spiro atoms. The number of hydrogen-bond acceptors (Lipinski definition) is 3. The third kappa shape index (κ3) is 4.48. The molecule has 0 aliphatic heterocycles. The maximum absolute atomic E-state index is 13.6. The molecule has 0 bridgehead atoms. The van der Waals surface area contributed by atoms with E-state index in [4.69, 9.17) is 4.74 Å². The van der Waals surface area contributed by atoms with Gasteiger partial charge in [-0.1, -0.05) is 12.1 Å². The van der Waals surface area contributed by atoms with Gasteiger partial charge >= 0.3 is 0 Å². The van der Waals surface area contributed by atoms with E-state index in [0.29, 0.717) is 17.7 Å². The fraction of sp³-hybridized carbons (Fsp3) is 0.200. The number of hydrogen-bond donors (Lipinski definition) is 0. The number of halogens is 5. The smallest absolute Gasteiger partial charge is 0.253 e. The number of benzene rings is 2. The summed E-state index contributed by atoms with van der Waals surface area (Å²) in [6.45, 7) is -0.0204. The first-order chi connectivity index (χ1) is 14.2. The fourth-order valence-electron chi connectivity index (χ4n) is 2.71. The number of carbonyl (C=O) groups is 1. The minimum Gasteiger partial charge on any atom is -0.483 e. The number of rotatable bonds is 6. The highest BCUT2D eigenvalue weighted by Gasteiger charge is 2.21. The summed E-state index contributed by atoms with van der Waals surface area (Å²) < 4.78 is 61.1. The van der Waals surface area contributed by atoms with Crippen molar-refractivity contribution in [2.75, 3.05) is 7.05 Å². The maximum atomic E-state index is 13.6. The first-order valence-electron chi connectivity index (χ1n) is 8.65. The summed E-state index contributed by atoms with van der Waals surface area (Å²) in [6.07, 6.45) is 1.64. The van der Waals surface area contributed by atoms with Gasteiger partial charge in [-0.25, -0.2) is 8.78 Å². The van der Waals surface area contributed by atoms with Crippen molar-refractivity contribution >= 4 is 21.8 Å². The Morgan fingerprint density at radius 3 is 2.27 bits per heavy atom. The molecule has 0 saturated heterocycles. The van der Waals surface area contributed by atoms with E-state index in [-0.39, 0.29) is 18.6 Å². The Hall–Kier alpha value is -2.88. The molecule has 3 aromatic rings. The number of aryl methyl sites for hydroxylation is 1. The van der Waals surface area contributed by atoms with Crippen molar-refractivity contribution in [3.63, 3.8) is 0 Å². The van der Waals surface area contributed by atoms with E-state index in [1.807, 2.05) is 0 Å². The van der Waals surface area contributed by atoms with Crippen molar-refractivity contribution in [1.82, 2.24) is 14.7 Å². The number of nitrogens with zero attached hydrogens (tertiary/aromatic N) is 3. The van der Waals surface area contributed by atoms with Crippen molar-refractivity contribution in [2.24, 2.45) is 7.05 Å². The van der Waals surface area contributed by atoms with E-state index in [1.165, 1.54) is 29.2 Å². The molecule has 1 aromatic heterocycles. The Labute approximate surface area is 178 Å². The first-order valence-corrected chi connectivity index (χ1v) is 9.45. The van der Waals surface area contributed by atoms with Crippen LogP contribution in [-0.2, 0) is 20.2 Å². The van der Waals surface area contributed by atoms with Gasteiger partial charge in [-0.2, -0.15) is 13.9 Å². The molecule has 0 aliphatic rings. The Morgan fingerprint density at radius 1 is 1.13 bits per heavy atom. The minimum absolute atomic E-state index is 0.110. The predicted octanol–water partition coefficient (Wildman–Crippen LogP) is 4.59. The van der Waals surface area contributed by atoms with Gasteiger partial charge in [0.15, 0.2) is 17.4 Å². The van der Waals surface area contributed by atoms with Gasteiger partial charge in [-0.15, -0.1) is 0 Å². The lowest BCUT2D eigenvalue weighted by Gasteiger charge is -2.18. The molecule has 30 heavy (non-hydrogen) atoms. The topological polar surface area (TPSA) is 47.4 Å². The van der Waals surface area contributed by atoms with Crippen LogP contribution >= 0.6 is 15.9 Å². The van der Waals surface area contributed by atoms with E-state index in [2.05, 4.69) is 21.0 Å². The van der Waals surface area contributed by atoms with Crippen LogP contribution in [0, 0.1) is 23.3 Å². The van der Waals surface area contributed by atoms with Crippen molar-refractivity contribution in [1.29, 1.82) is 0 Å². The molecule has 5 nitrogen and oxygen atoms in total. The van der Waals surface area contributed by atoms with E-state index >= 15 is 0 Å². The lowest BCUT2D eigenvalue weighted by atomic mass is 10.1. The van der Waals surface area contributed by atoms with Crippen LogP contribution in [0.15, 0.2) is 41.0 Å². The Balaban J connectivity index is 1.67. The van der Waals surface area contributed by atoms with Crippen LogP contribution < -0.4 is 4.74 Å². The quantitative estimate of drug-likeness (QED) is 0.379. The van der Waals surface area contributed by atoms with E-state index in [0.717, 1.165) is 10.2 Å². The molecule has 0 fully saturated rings. The van der Waals surface area contributed by atoms with Crippen LogP contribution in [0.4, 0.5) is 17.6 Å². The summed E-state index contributed by atoms with van der Waals surface area (Å²) in [7, 11) is 3.41. The molecule has 1 amide bonds. The lowest BCUT2D eigenvalue weighted by molar-refractivity contribution is 0.0781. The van der Waals surface area contributed by atoms with Gasteiger partial charge in [0.25, 0.3) is 5.91 Å². The third-order valence-electron chi connectivity index (χ3n) is 4.40. The zero-order valence-electron chi connectivity index (χ0n) is 15.9. The Morgan fingerprint density at radius 2 is 1.73 bits per heavy atom. The van der Waals surface area contributed by atoms with Gasteiger partial charge < -0.3 is 9.64 Å². The van der Waals surface area contributed by atoms with Gasteiger partial charge in [0.1, 0.15) is 6.61 Å². The maximum Gasteiger partial charge on any atom is 0.253 e. The predicted molar refractivity (Wildman–Crippen MR) is 104 cm³/mol. The molecule has 3 rings (SSSR count). The fourth-order valence-corrected chi connectivity index (χ4v) is 3.18. The number of aromatic nitrogens is 2. The second-order valence-corrected chi connectivity index (χ2v) is 7.36. The molecular formula is C20H16BrF4N3O2. The van der Waals surface area contributed by atoms with Crippen LogP contribution in [0.3, 0.4) is 0 Å². The number of ether oxygens (including phenoxy) is 1. The Bertz CT molecular complexity index is 1040. The molecule has 0 aliphatic carbocycles. The van der Waals surface area contributed by atoms with Gasteiger partial charge in [-0.3, -0.25) is 9.48 Å². The van der Waals surface area contributed by atoms with Crippen LogP contribution in [-0.4, -0.2) is 27.6 Å². The van der Waals surface area contributed by atoms with E-state index in [1.54, 1.807) is 25.0 Å². The zero-order valence-corrected chi connectivity index (χ0v) is 17.5. The SMILES string of the molecule is CN(Cc1c(Br)cnn1C)C(=O)c1ccc(COc2c(F)c(F)cc(F)c2F)cc1. The van der Waals surface area contributed by atoms with Crippen molar-refractivity contribution in [3.05, 3.63) is 81.1 Å². The highest BCUT2D eigenvalue weighted by Crippen LogP contribution is 2.27. The molecule has 0 unspecified atom stereocenters. The van der Waals surface area contributed by atoms with Crippen molar-refractivity contribution < 1.29 is 27.1 Å². The minimum atomic E-state index is -1.61. The highest BCUT2D eigenvalue weighted by molar-refractivity contribution is 9.10. The van der Waals surface area contributed by atoms with E-state index < -0.39 is 29.0 Å². The van der Waals surface area contributed by atoms with Crippen LogP contribution in [0.5, 0.6) is 5.75 Å². The number of carbonyl (C=O) groups excluding carboxylic acids is 1. The van der Waals surface area contributed by atoms with Crippen molar-refractivity contribution in [2.45, 2.75) is 13.2 Å². The van der Waals surface area contributed by atoms with Gasteiger partial charge in [-0.05, 0) is 33.6 Å². The average molecular weight is 486 g/mol. The summed E-state index contributed by atoms with van der Waals surface area (Å²) in [4.78, 5) is 14.1. The van der Waals surface area contributed by atoms with Crippen LogP contribution in [0.2, 0.25) is 0 Å². The summed E-state index contributed by atoms with van der Waals surface area (Å²) in [5.74, 6) is -7.69. The van der Waals surface area contributed by atoms with Gasteiger partial charge in [0.05, 0.1) is 22.9 Å². The summed E-state index contributed by atoms with van der Waals surface area (Å²) in [5.41, 5.74) is 1.66. The second kappa shape index (κ2) is 8.86. The summed E-state index contributed by atoms with van der Waals surface area (Å²) in [6, 6.07) is 6.20. The molecule has 2 aromatic carbocycles. The molecule has 0 N–H and O–H groups in total. The summed E-state index contributed by atoms with van der Waals surface area (Å²) >= 11 is 3.38. The lowest BCUT2D eigenvalue weighted by Crippen LogP contribution is -2.27. The molecular weight excluding hydrogens is 470 g/mol. The molecule has 158 valence electrons. The number of amides is 1. The standard InChI is InChI=1S/C20H16BrF4N3O2/c1-27(9-16-13(21)8-26-28(16)2)20(29)12-5-3-11(4-6-12)10-30-19-17(24)14(22)7-15(23)18(19)25/h3-8H,9-10H2,1-2H3. The second-order valence-electron chi connectivity index (χ2n) is 6.51. The molecule has 0 saturated carbocycles. The molecule has 0 atom stereocenters. The zero-order chi connectivity index (χ0) is 22.0. The largest absolute Gasteiger partial charge is 0.483 e. The van der Waals surface area contributed by atoms with E-state index in [9.17, 15) is 22.4 Å². The first kappa shape index (κ1) is 21.8. The highest BCUT2D eigenvalue weighted by atomic mass is 79.9. The van der Waals surface area contributed by atoms with Crippen molar-refractivity contribution in [3.8, 4) is 5.75 Å². The Kier molecular flexibility index (Phi) is 6.45. The molecule has 0 radical (unpaired) electrons.